The number of allylic oxidation sites excluding steroid dienone is 1. The van der Waals surface area contributed by atoms with Gasteiger partial charge in [0.2, 0.25) is 11.8 Å². The van der Waals surface area contributed by atoms with E-state index < -0.39 is 0 Å². The second-order valence-electron chi connectivity index (χ2n) is 10.4. The van der Waals surface area contributed by atoms with E-state index in [0.29, 0.717) is 12.0 Å². The zero-order chi connectivity index (χ0) is 22.2. The Labute approximate surface area is 193 Å². The van der Waals surface area contributed by atoms with Crippen LogP contribution in [0.3, 0.4) is 0 Å². The number of hydrogen-bond donors (Lipinski definition) is 0. The van der Waals surface area contributed by atoms with Crippen molar-refractivity contribution in [3.8, 4) is 0 Å². The Hall–Kier alpha value is -1.94. The molecule has 4 aliphatic rings. The highest BCUT2D eigenvalue weighted by atomic mass is 16.2. The lowest BCUT2D eigenvalue weighted by Gasteiger charge is -2.39. The average molecular weight is 435 g/mol. The first-order valence-electron chi connectivity index (χ1n) is 13.0. The minimum absolute atomic E-state index is 0.0259. The molecule has 4 heteroatoms. The van der Waals surface area contributed by atoms with Gasteiger partial charge in [-0.2, -0.15) is 0 Å². The topological polar surface area (TPSA) is 40.6 Å². The molecular weight excluding hydrogens is 396 g/mol. The number of carbonyl (C=O) groups is 2. The SMILES string of the molecule is CCCCCC/C=C/C(C1CCCCC1)N1C2c3ccccc3C1[C@@H]1C(=O)N(C)C(=O)[C@H]21. The van der Waals surface area contributed by atoms with E-state index >= 15 is 0 Å². The first-order valence-corrected chi connectivity index (χ1v) is 13.0. The first kappa shape index (κ1) is 21.9. The molecule has 3 fully saturated rings. The number of unbranched alkanes of at least 4 members (excludes halogenated alkanes) is 4. The van der Waals surface area contributed by atoms with Crippen LogP contribution >= 0.6 is 0 Å². The van der Waals surface area contributed by atoms with Crippen LogP contribution in [0.1, 0.15) is 94.3 Å². The van der Waals surface area contributed by atoms with Gasteiger partial charge in [-0.1, -0.05) is 81.9 Å². The second kappa shape index (κ2) is 9.13. The number of carbonyl (C=O) groups excluding carboxylic acids is 2. The van der Waals surface area contributed by atoms with Crippen molar-refractivity contribution >= 4 is 11.8 Å². The van der Waals surface area contributed by atoms with Gasteiger partial charge in [0.05, 0.1) is 11.8 Å². The maximum Gasteiger partial charge on any atom is 0.234 e. The molecule has 1 saturated carbocycles. The minimum Gasteiger partial charge on any atom is -0.285 e. The van der Waals surface area contributed by atoms with E-state index in [1.807, 2.05) is 0 Å². The highest BCUT2D eigenvalue weighted by molar-refractivity contribution is 6.06. The third-order valence-electron chi connectivity index (χ3n) is 8.61. The fraction of sp³-hybridized carbons (Fsp3) is 0.643. The number of amides is 2. The third-order valence-corrected chi connectivity index (χ3v) is 8.61. The number of fused-ring (bicyclic) bond motifs is 8. The molecule has 172 valence electrons. The predicted octanol–water partition coefficient (Wildman–Crippen LogP) is 5.80. The normalized spacial score (nSPS) is 31.0. The first-order chi connectivity index (χ1) is 15.6. The molecule has 4 nitrogen and oxygen atoms in total. The Morgan fingerprint density at radius 2 is 1.56 bits per heavy atom. The van der Waals surface area contributed by atoms with Crippen molar-refractivity contribution < 1.29 is 9.59 Å². The van der Waals surface area contributed by atoms with E-state index in [1.54, 1.807) is 7.05 Å². The van der Waals surface area contributed by atoms with Gasteiger partial charge in [0.15, 0.2) is 0 Å². The van der Waals surface area contributed by atoms with Gasteiger partial charge in [0.25, 0.3) is 0 Å². The van der Waals surface area contributed by atoms with Gasteiger partial charge < -0.3 is 0 Å². The average Bonchev–Trinajstić information content (AvgIpc) is 3.41. The van der Waals surface area contributed by atoms with Gasteiger partial charge in [0, 0.05) is 25.2 Å². The lowest BCUT2D eigenvalue weighted by atomic mass is 9.77. The Morgan fingerprint density at radius 1 is 0.938 bits per heavy atom. The summed E-state index contributed by atoms with van der Waals surface area (Å²) < 4.78 is 0. The lowest BCUT2D eigenvalue weighted by molar-refractivity contribution is -0.140. The van der Waals surface area contributed by atoms with Crippen molar-refractivity contribution in [1.29, 1.82) is 0 Å². The summed E-state index contributed by atoms with van der Waals surface area (Å²) >= 11 is 0. The Bertz CT molecular complexity index is 838. The van der Waals surface area contributed by atoms with Crippen LogP contribution in [-0.2, 0) is 9.59 Å². The zero-order valence-electron chi connectivity index (χ0n) is 19.7. The molecule has 2 bridgehead atoms. The molecule has 2 amide bonds. The zero-order valence-corrected chi connectivity index (χ0v) is 19.7. The molecule has 32 heavy (non-hydrogen) atoms. The Kier molecular flexibility index (Phi) is 6.24. The maximum absolute atomic E-state index is 13.2. The molecule has 0 N–H and O–H groups in total. The molecule has 5 atom stereocenters. The van der Waals surface area contributed by atoms with Crippen molar-refractivity contribution in [2.24, 2.45) is 17.8 Å². The second-order valence-corrected chi connectivity index (χ2v) is 10.4. The Morgan fingerprint density at radius 3 is 2.16 bits per heavy atom. The largest absolute Gasteiger partial charge is 0.285 e. The van der Waals surface area contributed by atoms with Gasteiger partial charge in [-0.05, 0) is 42.7 Å². The number of likely N-dealkylation sites (tertiary alicyclic amines) is 1. The van der Waals surface area contributed by atoms with Gasteiger partial charge in [0.1, 0.15) is 0 Å². The molecule has 3 unspecified atom stereocenters. The summed E-state index contributed by atoms with van der Waals surface area (Å²) in [5, 5.41) is 0. The summed E-state index contributed by atoms with van der Waals surface area (Å²) in [6.07, 6.45) is 17.6. The van der Waals surface area contributed by atoms with Crippen molar-refractivity contribution in [3.63, 3.8) is 0 Å². The molecule has 0 spiro atoms. The summed E-state index contributed by atoms with van der Waals surface area (Å²) in [6, 6.07) is 8.99. The van der Waals surface area contributed by atoms with Crippen molar-refractivity contribution in [2.75, 3.05) is 7.05 Å². The number of rotatable bonds is 8. The molecule has 1 aliphatic carbocycles. The summed E-state index contributed by atoms with van der Waals surface area (Å²) in [4.78, 5) is 30.3. The molecule has 3 heterocycles. The lowest BCUT2D eigenvalue weighted by Crippen LogP contribution is -2.42. The predicted molar refractivity (Wildman–Crippen MR) is 127 cm³/mol. The van der Waals surface area contributed by atoms with E-state index in [0.717, 1.165) is 6.42 Å². The van der Waals surface area contributed by atoms with Crippen molar-refractivity contribution in [3.05, 3.63) is 47.5 Å². The summed E-state index contributed by atoms with van der Waals surface area (Å²) in [5.41, 5.74) is 2.57. The molecule has 1 aromatic carbocycles. The van der Waals surface area contributed by atoms with Gasteiger partial charge in [-0.15, -0.1) is 0 Å². The molecular formula is C28H38N2O2. The molecule has 1 aromatic rings. The summed E-state index contributed by atoms with van der Waals surface area (Å²) in [6.45, 7) is 2.26. The highest BCUT2D eigenvalue weighted by Crippen LogP contribution is 2.63. The fourth-order valence-electron chi connectivity index (χ4n) is 7.10. The van der Waals surface area contributed by atoms with Crippen LogP contribution in [0, 0.1) is 17.8 Å². The standard InChI is InChI=1S/C28H38N2O2/c1-3-4-5-6-7-11-18-22(19-14-9-8-10-15-19)30-25-20-16-12-13-17-21(20)26(30)24-23(25)27(31)29(2)28(24)32/h11-13,16-19,22-26H,3-10,14-15H2,1-2H3/b18-11+/t22?,23-,24+,25?,26?. The van der Waals surface area contributed by atoms with Crippen LogP contribution in [0.4, 0.5) is 0 Å². The van der Waals surface area contributed by atoms with E-state index in [4.69, 9.17) is 0 Å². The van der Waals surface area contributed by atoms with Crippen LogP contribution < -0.4 is 0 Å². The Balaban J connectivity index is 1.48. The third kappa shape index (κ3) is 3.46. The molecule has 5 rings (SSSR count). The quantitative estimate of drug-likeness (QED) is 0.295. The number of imide groups is 1. The number of hydrogen-bond acceptors (Lipinski definition) is 3. The molecule has 2 saturated heterocycles. The smallest absolute Gasteiger partial charge is 0.234 e. The van der Waals surface area contributed by atoms with Crippen LogP contribution in [0.25, 0.3) is 0 Å². The number of nitrogens with zero attached hydrogens (tertiary/aromatic N) is 2. The van der Waals surface area contributed by atoms with Gasteiger partial charge in [-0.3, -0.25) is 19.4 Å². The highest BCUT2D eigenvalue weighted by Gasteiger charge is 2.67. The van der Waals surface area contributed by atoms with Crippen molar-refractivity contribution in [1.82, 2.24) is 9.80 Å². The van der Waals surface area contributed by atoms with Gasteiger partial charge >= 0.3 is 0 Å². The van der Waals surface area contributed by atoms with Crippen LogP contribution in [0.2, 0.25) is 0 Å². The molecule has 3 aliphatic heterocycles. The van der Waals surface area contributed by atoms with E-state index in [1.165, 1.54) is 73.8 Å². The van der Waals surface area contributed by atoms with Crippen LogP contribution in [0.5, 0.6) is 0 Å². The maximum atomic E-state index is 13.2. The van der Waals surface area contributed by atoms with Gasteiger partial charge in [-0.25, -0.2) is 0 Å². The molecule has 0 radical (unpaired) electrons. The fourth-order valence-corrected chi connectivity index (χ4v) is 7.10. The number of benzene rings is 1. The van der Waals surface area contributed by atoms with Crippen LogP contribution in [-0.4, -0.2) is 34.7 Å². The summed E-state index contributed by atoms with van der Waals surface area (Å²) in [7, 11) is 1.67. The minimum atomic E-state index is -0.212. The van der Waals surface area contributed by atoms with E-state index in [9.17, 15) is 9.59 Å². The molecule has 0 aromatic heterocycles. The van der Waals surface area contributed by atoms with E-state index in [-0.39, 0.29) is 35.7 Å². The van der Waals surface area contributed by atoms with Crippen LogP contribution in [0.15, 0.2) is 36.4 Å². The summed E-state index contributed by atoms with van der Waals surface area (Å²) in [5.74, 6) is 0.250. The van der Waals surface area contributed by atoms with E-state index in [2.05, 4.69) is 48.2 Å². The monoisotopic (exact) mass is 434 g/mol. The van der Waals surface area contributed by atoms with Crippen molar-refractivity contribution in [2.45, 2.75) is 89.3 Å².